The van der Waals surface area contributed by atoms with Gasteiger partial charge in [-0.3, -0.25) is 14.4 Å². The van der Waals surface area contributed by atoms with Crippen LogP contribution in [0.15, 0.2) is 36.5 Å². The Hall–Kier alpha value is -3.46. The van der Waals surface area contributed by atoms with E-state index >= 15 is 0 Å². The van der Waals surface area contributed by atoms with Crippen LogP contribution in [-0.2, 0) is 0 Å². The molecule has 2 aromatic rings. The van der Waals surface area contributed by atoms with Crippen LogP contribution in [0.4, 0.5) is 11.5 Å². The number of fused-ring (bicyclic) bond motifs is 1. The van der Waals surface area contributed by atoms with Crippen molar-refractivity contribution in [1.29, 1.82) is 0 Å². The van der Waals surface area contributed by atoms with Crippen molar-refractivity contribution in [1.82, 2.24) is 15.6 Å². The summed E-state index contributed by atoms with van der Waals surface area (Å²) in [7, 11) is 0. The van der Waals surface area contributed by atoms with Crippen LogP contribution in [0.5, 0.6) is 0 Å². The van der Waals surface area contributed by atoms with Gasteiger partial charge in [-0.25, -0.2) is 4.98 Å². The van der Waals surface area contributed by atoms with E-state index in [1.54, 1.807) is 31.3 Å². The Kier molecular flexibility index (Phi) is 6.91. The van der Waals surface area contributed by atoms with Gasteiger partial charge in [0.05, 0.1) is 5.56 Å². The van der Waals surface area contributed by atoms with Crippen molar-refractivity contribution in [3.8, 4) is 0 Å². The van der Waals surface area contributed by atoms with Crippen LogP contribution in [0, 0.1) is 5.92 Å². The normalized spacial score (nSPS) is 25.3. The predicted molar refractivity (Wildman–Crippen MR) is 138 cm³/mol. The number of hydrogen-bond donors (Lipinski definition) is 4. The van der Waals surface area contributed by atoms with E-state index in [2.05, 4.69) is 25.8 Å². The summed E-state index contributed by atoms with van der Waals surface area (Å²) >= 11 is 0. The second-order valence-electron chi connectivity index (χ2n) is 10.2. The molecular formula is C27H34N6O3. The number of amides is 2. The van der Waals surface area contributed by atoms with Gasteiger partial charge in [-0.1, -0.05) is 0 Å². The highest BCUT2D eigenvalue weighted by Crippen LogP contribution is 2.39. The quantitative estimate of drug-likeness (QED) is 0.438. The summed E-state index contributed by atoms with van der Waals surface area (Å²) in [5.41, 5.74) is 7.71. The lowest BCUT2D eigenvalue weighted by atomic mass is 9.92. The van der Waals surface area contributed by atoms with E-state index in [-0.39, 0.29) is 23.8 Å². The van der Waals surface area contributed by atoms with Gasteiger partial charge in [0.25, 0.3) is 11.8 Å². The average molecular weight is 491 g/mol. The van der Waals surface area contributed by atoms with E-state index in [4.69, 9.17) is 5.73 Å². The summed E-state index contributed by atoms with van der Waals surface area (Å²) in [4.78, 5) is 43.7. The van der Waals surface area contributed by atoms with Gasteiger partial charge in [-0.2, -0.15) is 0 Å². The summed E-state index contributed by atoms with van der Waals surface area (Å²) in [5, 5.41) is 9.90. The minimum absolute atomic E-state index is 0.0105. The molecule has 9 nitrogen and oxygen atoms in total. The fraction of sp³-hybridized carbons (Fsp3) is 0.481. The number of nitrogens with two attached hydrogens (primary N) is 1. The number of Topliss-reactive ketones (excluding diaryl/α,β-unsaturated/α-hetero) is 1. The molecule has 3 aliphatic rings. The smallest absolute Gasteiger partial charge is 0.251 e. The first kappa shape index (κ1) is 24.2. The Morgan fingerprint density at radius 1 is 1.08 bits per heavy atom. The number of carbonyl (C=O) groups excluding carboxylic acids is 3. The van der Waals surface area contributed by atoms with Crippen molar-refractivity contribution in [2.24, 2.45) is 11.7 Å². The van der Waals surface area contributed by atoms with Gasteiger partial charge in [0.2, 0.25) is 0 Å². The summed E-state index contributed by atoms with van der Waals surface area (Å²) < 4.78 is 0. The van der Waals surface area contributed by atoms with Crippen molar-refractivity contribution in [2.45, 2.75) is 57.2 Å². The number of ketones is 1. The predicted octanol–water partition coefficient (Wildman–Crippen LogP) is 2.33. The molecule has 2 aliphatic heterocycles. The SMILES string of the molecule is CC(=O)c1ccc(N2CCCC3CC(NC(=O)c4ccc(C(N)=O)c(NC5CCNC5)c4)CC32)nc1. The summed E-state index contributed by atoms with van der Waals surface area (Å²) in [6.07, 6.45) is 6.59. The molecule has 1 aliphatic carbocycles. The zero-order chi connectivity index (χ0) is 25.2. The molecule has 2 amide bonds. The third-order valence-electron chi connectivity index (χ3n) is 7.78. The molecule has 4 atom stereocenters. The number of nitrogens with zero attached hydrogens (tertiary/aromatic N) is 2. The molecule has 3 fully saturated rings. The van der Waals surface area contributed by atoms with Crippen molar-refractivity contribution in [2.75, 3.05) is 29.9 Å². The highest BCUT2D eigenvalue weighted by Gasteiger charge is 2.41. The standard InChI is InChI=1S/C27H34N6O3/c1-16(34)19-5-7-25(30-14-19)33-10-2-3-17-11-21(13-24(17)33)32-27(36)18-4-6-22(26(28)35)23(12-18)31-20-8-9-29-15-20/h4-7,12,14,17,20-21,24,29,31H,2-3,8-11,13,15H2,1H3,(H2,28,35)(H,32,36). The fourth-order valence-electron chi connectivity index (χ4n) is 5.94. The number of nitrogens with one attached hydrogen (secondary N) is 3. The second kappa shape index (κ2) is 10.3. The maximum atomic E-state index is 13.2. The lowest BCUT2D eigenvalue weighted by Crippen LogP contribution is -2.43. The molecule has 1 aromatic heterocycles. The largest absolute Gasteiger partial charge is 0.380 e. The molecule has 1 aromatic carbocycles. The van der Waals surface area contributed by atoms with Crippen molar-refractivity contribution < 1.29 is 14.4 Å². The summed E-state index contributed by atoms with van der Waals surface area (Å²) in [6.45, 7) is 4.20. The van der Waals surface area contributed by atoms with Gasteiger partial charge in [-0.05, 0) is 81.8 Å². The number of pyridine rings is 1. The Morgan fingerprint density at radius 2 is 1.92 bits per heavy atom. The molecule has 190 valence electrons. The number of piperidine rings is 1. The van der Waals surface area contributed by atoms with E-state index in [0.717, 1.165) is 57.6 Å². The van der Waals surface area contributed by atoms with Gasteiger partial charge in [0.1, 0.15) is 5.82 Å². The third kappa shape index (κ3) is 5.06. The lowest BCUT2D eigenvalue weighted by molar-refractivity contribution is 0.0934. The summed E-state index contributed by atoms with van der Waals surface area (Å²) in [5.74, 6) is 0.734. The van der Waals surface area contributed by atoms with E-state index in [1.165, 1.54) is 0 Å². The number of anilines is 2. The van der Waals surface area contributed by atoms with Crippen molar-refractivity contribution in [3.63, 3.8) is 0 Å². The first-order valence-corrected chi connectivity index (χ1v) is 12.8. The van der Waals surface area contributed by atoms with E-state index < -0.39 is 5.91 Å². The number of primary amides is 1. The Bertz CT molecular complexity index is 1140. The molecule has 3 heterocycles. The van der Waals surface area contributed by atoms with Crippen LogP contribution < -0.4 is 26.6 Å². The van der Waals surface area contributed by atoms with Gasteiger partial charge >= 0.3 is 0 Å². The first-order chi connectivity index (χ1) is 17.4. The van der Waals surface area contributed by atoms with Gasteiger partial charge in [0, 0.05) is 54.2 Å². The minimum Gasteiger partial charge on any atom is -0.380 e. The van der Waals surface area contributed by atoms with Crippen LogP contribution in [-0.4, -0.2) is 60.3 Å². The lowest BCUT2D eigenvalue weighted by Gasteiger charge is -2.38. The number of aromatic nitrogens is 1. The highest BCUT2D eigenvalue weighted by molar-refractivity contribution is 6.02. The number of benzene rings is 1. The topological polar surface area (TPSA) is 129 Å². The van der Waals surface area contributed by atoms with Crippen LogP contribution in [0.3, 0.4) is 0 Å². The third-order valence-corrected chi connectivity index (χ3v) is 7.78. The molecular weight excluding hydrogens is 456 g/mol. The highest BCUT2D eigenvalue weighted by atomic mass is 16.2. The molecule has 5 rings (SSSR count). The van der Waals surface area contributed by atoms with Crippen LogP contribution in [0.1, 0.15) is 70.1 Å². The van der Waals surface area contributed by atoms with E-state index in [9.17, 15) is 14.4 Å². The number of hydrogen-bond acceptors (Lipinski definition) is 7. The Morgan fingerprint density at radius 3 is 2.61 bits per heavy atom. The molecule has 36 heavy (non-hydrogen) atoms. The molecule has 4 unspecified atom stereocenters. The molecule has 0 bridgehead atoms. The zero-order valence-electron chi connectivity index (χ0n) is 20.6. The Balaban J connectivity index is 1.27. The van der Waals surface area contributed by atoms with E-state index in [0.29, 0.717) is 34.3 Å². The zero-order valence-corrected chi connectivity index (χ0v) is 20.6. The molecule has 0 radical (unpaired) electrons. The average Bonchev–Trinajstić information content (AvgIpc) is 3.53. The van der Waals surface area contributed by atoms with Gasteiger partial charge < -0.3 is 26.6 Å². The maximum Gasteiger partial charge on any atom is 0.251 e. The number of carbonyl (C=O) groups is 3. The van der Waals surface area contributed by atoms with Crippen LogP contribution in [0.25, 0.3) is 0 Å². The van der Waals surface area contributed by atoms with Gasteiger partial charge in [0.15, 0.2) is 5.78 Å². The molecule has 9 heteroatoms. The van der Waals surface area contributed by atoms with Crippen LogP contribution >= 0.6 is 0 Å². The molecule has 0 spiro atoms. The molecule has 2 saturated heterocycles. The van der Waals surface area contributed by atoms with Gasteiger partial charge in [-0.15, -0.1) is 0 Å². The Labute approximate surface area is 211 Å². The maximum absolute atomic E-state index is 13.2. The fourth-order valence-corrected chi connectivity index (χ4v) is 5.94. The van der Waals surface area contributed by atoms with Crippen molar-refractivity contribution >= 4 is 29.1 Å². The monoisotopic (exact) mass is 490 g/mol. The van der Waals surface area contributed by atoms with E-state index in [1.807, 2.05) is 12.1 Å². The second-order valence-corrected chi connectivity index (χ2v) is 10.2. The molecule has 1 saturated carbocycles. The van der Waals surface area contributed by atoms with Crippen LogP contribution in [0.2, 0.25) is 0 Å². The first-order valence-electron chi connectivity index (χ1n) is 12.8. The summed E-state index contributed by atoms with van der Waals surface area (Å²) in [6, 6.07) is 9.38. The number of rotatable bonds is 7. The minimum atomic E-state index is -0.514. The molecule has 5 N–H and O–H groups in total. The van der Waals surface area contributed by atoms with Crippen molar-refractivity contribution in [3.05, 3.63) is 53.2 Å².